The summed E-state index contributed by atoms with van der Waals surface area (Å²) in [4.78, 5) is 39.4. The highest BCUT2D eigenvalue weighted by molar-refractivity contribution is 6.05. The quantitative estimate of drug-likeness (QED) is 0.370. The Bertz CT molecular complexity index is 1070. The second-order valence-electron chi connectivity index (χ2n) is 8.44. The van der Waals surface area contributed by atoms with E-state index in [0.29, 0.717) is 16.8 Å². The third kappa shape index (κ3) is 6.76. The number of ketones is 1. The van der Waals surface area contributed by atoms with E-state index < -0.39 is 11.8 Å². The number of hydrogen-bond acceptors (Lipinski definition) is 3. The molecule has 0 fully saturated rings. The highest BCUT2D eigenvalue weighted by Gasteiger charge is 2.39. The fourth-order valence-electron chi connectivity index (χ4n) is 3.99. The van der Waals surface area contributed by atoms with E-state index in [1.54, 1.807) is 12.1 Å². The number of rotatable bonds is 8. The summed E-state index contributed by atoms with van der Waals surface area (Å²) in [7, 11) is 0. The molecule has 0 bridgehead atoms. The van der Waals surface area contributed by atoms with Gasteiger partial charge in [0.05, 0.1) is 11.8 Å². The summed E-state index contributed by atoms with van der Waals surface area (Å²) < 4.78 is 0. The summed E-state index contributed by atoms with van der Waals surface area (Å²) in [5.41, 5.74) is 3.22. The second-order valence-corrected chi connectivity index (χ2v) is 8.44. The Balaban J connectivity index is 0.00000199. The van der Waals surface area contributed by atoms with Gasteiger partial charge in [-0.3, -0.25) is 9.59 Å². The number of hydrogen-bond donors (Lipinski definition) is 1. The molecule has 2 atom stereocenters. The van der Waals surface area contributed by atoms with Gasteiger partial charge in [-0.05, 0) is 37.3 Å². The van der Waals surface area contributed by atoms with Crippen LogP contribution in [0.15, 0.2) is 84.1 Å². The average molecular weight is 458 g/mol. The van der Waals surface area contributed by atoms with E-state index >= 15 is 0 Å². The van der Waals surface area contributed by atoms with Gasteiger partial charge in [0.25, 0.3) is 0 Å². The van der Waals surface area contributed by atoms with Gasteiger partial charge in [-0.15, -0.1) is 0 Å². The molecule has 2 aromatic carbocycles. The molecule has 0 saturated carbocycles. The lowest BCUT2D eigenvalue weighted by molar-refractivity contribution is -0.123. The van der Waals surface area contributed by atoms with E-state index in [1.165, 1.54) is 0 Å². The number of aryl methyl sites for hydroxylation is 1. The molecule has 4 heteroatoms. The Morgan fingerprint density at radius 3 is 2.12 bits per heavy atom. The highest BCUT2D eigenvalue weighted by Crippen LogP contribution is 2.36. The molecule has 0 saturated heterocycles. The van der Waals surface area contributed by atoms with Crippen LogP contribution in [-0.2, 0) is 9.59 Å². The topological polar surface area (TPSA) is 63.2 Å². The number of Topliss-reactive ketones (excluding diaryl/α,β-unsaturated/α-hetero) is 1. The van der Waals surface area contributed by atoms with Crippen molar-refractivity contribution in [3.05, 3.63) is 101 Å². The van der Waals surface area contributed by atoms with Gasteiger partial charge in [0, 0.05) is 16.8 Å². The van der Waals surface area contributed by atoms with Gasteiger partial charge in [-0.2, -0.15) is 0 Å². The summed E-state index contributed by atoms with van der Waals surface area (Å²) in [5, 5.41) is 2.94. The third-order valence-electron chi connectivity index (χ3n) is 5.73. The number of nitrogens with one attached hydrogen (secondary N) is 1. The van der Waals surface area contributed by atoms with Crippen LogP contribution in [0.5, 0.6) is 0 Å². The first-order valence-electron chi connectivity index (χ1n) is 12.0. The highest BCUT2D eigenvalue weighted by atomic mass is 16.2. The Morgan fingerprint density at radius 2 is 1.59 bits per heavy atom. The molecular formula is C30H35NO3. The largest absolute Gasteiger partial charge is 0.326 e. The maximum atomic E-state index is 13.8. The van der Waals surface area contributed by atoms with Crippen molar-refractivity contribution in [3.8, 4) is 0 Å². The summed E-state index contributed by atoms with van der Waals surface area (Å²) in [6, 6.07) is 16.5. The maximum absolute atomic E-state index is 13.8. The summed E-state index contributed by atoms with van der Waals surface area (Å²) in [6.45, 7) is 9.65. The van der Waals surface area contributed by atoms with Gasteiger partial charge in [-0.1, -0.05) is 100 Å². The van der Waals surface area contributed by atoms with Crippen LogP contribution in [0.2, 0.25) is 0 Å². The van der Waals surface area contributed by atoms with Gasteiger partial charge >= 0.3 is 0 Å². The van der Waals surface area contributed by atoms with Gasteiger partial charge in [-0.25, -0.2) is 4.79 Å². The number of allylic oxidation sites excluding steroid dienone is 3. The van der Waals surface area contributed by atoms with Crippen LogP contribution in [0, 0.1) is 18.8 Å². The van der Waals surface area contributed by atoms with Crippen molar-refractivity contribution >= 4 is 17.6 Å². The first kappa shape index (κ1) is 26.8. The van der Waals surface area contributed by atoms with Gasteiger partial charge < -0.3 is 5.32 Å². The number of amides is 1. The molecule has 1 aliphatic rings. The van der Waals surface area contributed by atoms with E-state index in [-0.39, 0.29) is 23.2 Å². The van der Waals surface area contributed by atoms with Crippen molar-refractivity contribution in [2.24, 2.45) is 11.8 Å². The van der Waals surface area contributed by atoms with Gasteiger partial charge in [0.2, 0.25) is 5.91 Å². The van der Waals surface area contributed by atoms with Crippen molar-refractivity contribution in [1.29, 1.82) is 0 Å². The number of carbonyl (C=O) groups is 2. The maximum Gasteiger partial charge on any atom is 0.233 e. The zero-order chi connectivity index (χ0) is 25.1. The molecule has 1 amide bonds. The minimum atomic E-state index is -0.972. The fraction of sp³-hybridized carbons (Fsp3) is 0.333. The molecule has 0 spiro atoms. The predicted molar refractivity (Wildman–Crippen MR) is 138 cm³/mol. The zero-order valence-electron chi connectivity index (χ0n) is 20.8. The normalized spacial score (nSPS) is 14.1. The van der Waals surface area contributed by atoms with Crippen molar-refractivity contribution in [2.45, 2.75) is 53.4 Å². The lowest BCUT2D eigenvalue weighted by Crippen LogP contribution is -2.39. The van der Waals surface area contributed by atoms with Crippen molar-refractivity contribution in [1.82, 2.24) is 5.32 Å². The minimum Gasteiger partial charge on any atom is -0.326 e. The van der Waals surface area contributed by atoms with E-state index in [2.05, 4.69) is 5.32 Å². The van der Waals surface area contributed by atoms with E-state index in [0.717, 1.165) is 18.4 Å². The Hall–Kier alpha value is -3.49. The molecule has 2 aromatic rings. The third-order valence-corrected chi connectivity index (χ3v) is 5.73. The first-order valence-corrected chi connectivity index (χ1v) is 12.0. The molecule has 0 aliphatic heterocycles. The molecular weight excluding hydrogens is 422 g/mol. The number of benzene rings is 2. The van der Waals surface area contributed by atoms with Gasteiger partial charge in [0.1, 0.15) is 5.94 Å². The van der Waals surface area contributed by atoms with E-state index in [1.807, 2.05) is 101 Å². The van der Waals surface area contributed by atoms with Crippen LogP contribution in [0.4, 0.5) is 0 Å². The molecule has 1 N–H and O–H groups in total. The van der Waals surface area contributed by atoms with Crippen molar-refractivity contribution in [3.63, 3.8) is 0 Å². The van der Waals surface area contributed by atoms with Gasteiger partial charge in [0.15, 0.2) is 5.78 Å². The van der Waals surface area contributed by atoms with Crippen LogP contribution < -0.4 is 5.32 Å². The molecule has 0 heterocycles. The number of carbonyl (C=O) groups excluding carboxylic acids is 3. The van der Waals surface area contributed by atoms with Crippen LogP contribution >= 0.6 is 0 Å². The molecule has 2 unspecified atom stereocenters. The fourth-order valence-corrected chi connectivity index (χ4v) is 3.99. The molecule has 1 aliphatic carbocycles. The molecule has 0 radical (unpaired) electrons. The smallest absolute Gasteiger partial charge is 0.233 e. The van der Waals surface area contributed by atoms with Crippen LogP contribution in [0.3, 0.4) is 0 Å². The average Bonchev–Trinajstić information content (AvgIpc) is 2.86. The van der Waals surface area contributed by atoms with E-state index in [4.69, 9.17) is 0 Å². The molecule has 34 heavy (non-hydrogen) atoms. The molecule has 4 nitrogen and oxygen atoms in total. The molecule has 3 rings (SSSR count). The summed E-state index contributed by atoms with van der Waals surface area (Å²) in [5.74, 6) is -0.620. The van der Waals surface area contributed by atoms with Crippen LogP contribution in [0.25, 0.3) is 0 Å². The standard InChI is InChI=1S/C28H29NO3.C2H6/c1-19(2)24(18-30)26(28(32)29-23-12-8-5-9-13-23)25(21-10-6-4-7-11-21)27(31)22-16-14-20(3)15-17-22;1-2/h4,6-8,10-17,19,25-26H,5,9H2,1-3H3,(H,29,32);1-2H3. The monoisotopic (exact) mass is 457 g/mol. The first-order chi connectivity index (χ1) is 16.4. The Labute approximate surface area is 203 Å². The minimum absolute atomic E-state index is 0.196. The van der Waals surface area contributed by atoms with E-state index in [9.17, 15) is 14.4 Å². The summed E-state index contributed by atoms with van der Waals surface area (Å²) >= 11 is 0. The predicted octanol–water partition coefficient (Wildman–Crippen LogP) is 6.37. The zero-order valence-corrected chi connectivity index (χ0v) is 20.8. The molecule has 0 aromatic heterocycles. The Morgan fingerprint density at radius 1 is 0.941 bits per heavy atom. The second kappa shape index (κ2) is 13.3. The SMILES string of the molecule is CC.Cc1ccc(C(=O)C(c2ccccc2)C(C(=O)NC2=CCCC=C2)C(=C=O)C(C)C)cc1. The molecule has 178 valence electrons. The summed E-state index contributed by atoms with van der Waals surface area (Å²) in [6.07, 6.45) is 7.57. The Kier molecular flexibility index (Phi) is 10.4. The lowest BCUT2D eigenvalue weighted by atomic mass is 9.74. The van der Waals surface area contributed by atoms with Crippen LogP contribution in [-0.4, -0.2) is 17.6 Å². The van der Waals surface area contributed by atoms with Crippen LogP contribution in [0.1, 0.15) is 67.9 Å². The van der Waals surface area contributed by atoms with Crippen molar-refractivity contribution < 1.29 is 14.4 Å². The van der Waals surface area contributed by atoms with Crippen molar-refractivity contribution in [2.75, 3.05) is 0 Å². The lowest BCUT2D eigenvalue weighted by Gasteiger charge is -2.28.